The van der Waals surface area contributed by atoms with Gasteiger partial charge in [-0.3, -0.25) is 4.79 Å². The van der Waals surface area contributed by atoms with Crippen LogP contribution in [0.5, 0.6) is 0 Å². The normalized spacial score (nSPS) is 19.5. The highest BCUT2D eigenvalue weighted by molar-refractivity contribution is 5.76. The Bertz CT molecular complexity index is 423. The number of rotatable bonds is 3. The Kier molecular flexibility index (Phi) is 3.73. The van der Waals surface area contributed by atoms with Gasteiger partial charge in [0.25, 0.3) is 0 Å². The Hall–Kier alpha value is -1.86. The number of nitriles is 1. The summed E-state index contributed by atoms with van der Waals surface area (Å²) in [5.74, 6) is 0.140. The molecule has 1 amide bonds. The van der Waals surface area contributed by atoms with E-state index < -0.39 is 0 Å². The van der Waals surface area contributed by atoms with Crippen molar-refractivity contribution in [3.05, 3.63) is 35.4 Å². The molecule has 1 aliphatic heterocycles. The maximum absolute atomic E-state index is 11.0. The van der Waals surface area contributed by atoms with Crippen LogP contribution in [-0.4, -0.2) is 18.5 Å². The molecule has 0 spiro atoms. The Morgan fingerprint density at radius 3 is 2.76 bits per heavy atom. The van der Waals surface area contributed by atoms with Crippen molar-refractivity contribution in [2.45, 2.75) is 25.4 Å². The molecule has 1 unspecified atom stereocenters. The largest absolute Gasteiger partial charge is 0.355 e. The zero-order valence-corrected chi connectivity index (χ0v) is 9.57. The summed E-state index contributed by atoms with van der Waals surface area (Å²) in [5, 5.41) is 14.9. The van der Waals surface area contributed by atoms with E-state index in [4.69, 9.17) is 5.26 Å². The van der Waals surface area contributed by atoms with Gasteiger partial charge < -0.3 is 10.6 Å². The first-order chi connectivity index (χ1) is 8.28. The molecule has 1 aromatic rings. The molecule has 1 fully saturated rings. The molecular weight excluding hydrogens is 214 g/mol. The summed E-state index contributed by atoms with van der Waals surface area (Å²) in [5.41, 5.74) is 1.83. The average molecular weight is 229 g/mol. The second-order valence-corrected chi connectivity index (χ2v) is 4.23. The van der Waals surface area contributed by atoms with Gasteiger partial charge in [0.15, 0.2) is 0 Å². The molecule has 1 saturated heterocycles. The summed E-state index contributed by atoms with van der Waals surface area (Å²) in [6.07, 6.45) is 1.49. The van der Waals surface area contributed by atoms with E-state index >= 15 is 0 Å². The summed E-state index contributed by atoms with van der Waals surface area (Å²) in [6.45, 7) is 1.47. The lowest BCUT2D eigenvalue weighted by Gasteiger charge is -2.23. The molecule has 2 rings (SSSR count). The van der Waals surface area contributed by atoms with Gasteiger partial charge >= 0.3 is 0 Å². The Morgan fingerprint density at radius 2 is 2.18 bits per heavy atom. The number of hydrogen-bond donors (Lipinski definition) is 2. The first-order valence-electron chi connectivity index (χ1n) is 5.77. The van der Waals surface area contributed by atoms with Crippen LogP contribution in [0.1, 0.15) is 24.0 Å². The van der Waals surface area contributed by atoms with E-state index in [1.807, 2.05) is 24.3 Å². The van der Waals surface area contributed by atoms with Crippen LogP contribution in [0.15, 0.2) is 24.3 Å². The van der Waals surface area contributed by atoms with Gasteiger partial charge in [-0.1, -0.05) is 12.1 Å². The van der Waals surface area contributed by atoms with Crippen LogP contribution < -0.4 is 10.6 Å². The topological polar surface area (TPSA) is 64.9 Å². The molecule has 88 valence electrons. The predicted octanol–water partition coefficient (Wildman–Crippen LogP) is 0.926. The summed E-state index contributed by atoms with van der Waals surface area (Å²) >= 11 is 0. The Labute approximate surface area is 101 Å². The lowest BCUT2D eigenvalue weighted by molar-refractivity contribution is -0.122. The van der Waals surface area contributed by atoms with E-state index in [-0.39, 0.29) is 5.91 Å². The fourth-order valence-electron chi connectivity index (χ4n) is 1.87. The molecule has 1 heterocycles. The lowest BCUT2D eigenvalue weighted by atomic mass is 10.1. The molecule has 0 aliphatic carbocycles. The van der Waals surface area contributed by atoms with Crippen molar-refractivity contribution in [1.29, 1.82) is 5.26 Å². The minimum Gasteiger partial charge on any atom is -0.355 e. The number of benzene rings is 1. The van der Waals surface area contributed by atoms with E-state index in [2.05, 4.69) is 16.7 Å². The number of nitrogens with zero attached hydrogens (tertiary/aromatic N) is 1. The van der Waals surface area contributed by atoms with Crippen LogP contribution >= 0.6 is 0 Å². The molecule has 0 bridgehead atoms. The number of piperidine rings is 1. The van der Waals surface area contributed by atoms with Crippen LogP contribution in [0, 0.1) is 11.3 Å². The third-order valence-corrected chi connectivity index (χ3v) is 2.94. The molecule has 1 atom stereocenters. The van der Waals surface area contributed by atoms with E-state index in [0.717, 1.165) is 18.5 Å². The van der Waals surface area contributed by atoms with Crippen molar-refractivity contribution in [2.24, 2.45) is 0 Å². The van der Waals surface area contributed by atoms with E-state index in [9.17, 15) is 4.79 Å². The van der Waals surface area contributed by atoms with Gasteiger partial charge in [0.1, 0.15) is 0 Å². The fraction of sp³-hybridized carbons (Fsp3) is 0.385. The van der Waals surface area contributed by atoms with Gasteiger partial charge in [-0.2, -0.15) is 5.26 Å². The Morgan fingerprint density at radius 1 is 1.41 bits per heavy atom. The summed E-state index contributed by atoms with van der Waals surface area (Å²) in [4.78, 5) is 11.0. The third-order valence-electron chi connectivity index (χ3n) is 2.94. The predicted molar refractivity (Wildman–Crippen MR) is 64.0 cm³/mol. The maximum Gasteiger partial charge on any atom is 0.220 e. The highest BCUT2D eigenvalue weighted by Crippen LogP contribution is 2.06. The van der Waals surface area contributed by atoms with Gasteiger partial charge in [0, 0.05) is 25.6 Å². The zero-order valence-electron chi connectivity index (χ0n) is 9.57. The molecule has 0 saturated carbocycles. The van der Waals surface area contributed by atoms with Gasteiger partial charge in [0.2, 0.25) is 5.91 Å². The van der Waals surface area contributed by atoms with Gasteiger partial charge in [-0.15, -0.1) is 0 Å². The van der Waals surface area contributed by atoms with Crippen molar-refractivity contribution in [1.82, 2.24) is 10.6 Å². The summed E-state index contributed by atoms with van der Waals surface area (Å²) in [7, 11) is 0. The minimum atomic E-state index is 0.140. The van der Waals surface area contributed by atoms with Crippen LogP contribution in [0.2, 0.25) is 0 Å². The Balaban J connectivity index is 1.81. The van der Waals surface area contributed by atoms with Crippen LogP contribution in [0.4, 0.5) is 0 Å². The third kappa shape index (κ3) is 3.30. The minimum absolute atomic E-state index is 0.140. The average Bonchev–Trinajstić information content (AvgIpc) is 2.39. The van der Waals surface area contributed by atoms with E-state index in [1.165, 1.54) is 0 Å². The highest BCUT2D eigenvalue weighted by Gasteiger charge is 2.16. The van der Waals surface area contributed by atoms with Gasteiger partial charge in [-0.05, 0) is 24.1 Å². The van der Waals surface area contributed by atoms with Gasteiger partial charge in [0.05, 0.1) is 11.6 Å². The smallest absolute Gasteiger partial charge is 0.220 e. The zero-order chi connectivity index (χ0) is 12.1. The monoisotopic (exact) mass is 229 g/mol. The second-order valence-electron chi connectivity index (χ2n) is 4.23. The standard InChI is InChI=1S/C13H15N3O/c14-7-10-1-3-11(4-2-10)8-15-12-5-6-13(17)16-9-12/h1-4,12,15H,5-6,8-9H2,(H,16,17). The highest BCUT2D eigenvalue weighted by atomic mass is 16.1. The van der Waals surface area contributed by atoms with Crippen molar-refractivity contribution in [3.63, 3.8) is 0 Å². The molecule has 4 heteroatoms. The second kappa shape index (κ2) is 5.46. The quantitative estimate of drug-likeness (QED) is 0.810. The molecule has 1 aromatic carbocycles. The molecule has 2 N–H and O–H groups in total. The molecule has 0 aromatic heterocycles. The number of nitrogens with one attached hydrogen (secondary N) is 2. The van der Waals surface area contributed by atoms with Crippen LogP contribution in [-0.2, 0) is 11.3 Å². The SMILES string of the molecule is N#Cc1ccc(CNC2CCC(=O)NC2)cc1. The summed E-state index contributed by atoms with van der Waals surface area (Å²) < 4.78 is 0. The van der Waals surface area contributed by atoms with E-state index in [0.29, 0.717) is 24.6 Å². The molecule has 4 nitrogen and oxygen atoms in total. The van der Waals surface area contributed by atoms with Crippen molar-refractivity contribution in [3.8, 4) is 6.07 Å². The number of amides is 1. The van der Waals surface area contributed by atoms with Gasteiger partial charge in [-0.25, -0.2) is 0 Å². The first-order valence-corrected chi connectivity index (χ1v) is 5.77. The molecule has 0 radical (unpaired) electrons. The molecule has 1 aliphatic rings. The van der Waals surface area contributed by atoms with Crippen molar-refractivity contribution in [2.75, 3.05) is 6.54 Å². The number of carbonyl (C=O) groups is 1. The van der Waals surface area contributed by atoms with Crippen LogP contribution in [0.3, 0.4) is 0 Å². The van der Waals surface area contributed by atoms with Crippen molar-refractivity contribution >= 4 is 5.91 Å². The maximum atomic E-state index is 11.0. The van der Waals surface area contributed by atoms with Crippen LogP contribution in [0.25, 0.3) is 0 Å². The molecular formula is C13H15N3O. The molecule has 17 heavy (non-hydrogen) atoms. The van der Waals surface area contributed by atoms with E-state index in [1.54, 1.807) is 0 Å². The van der Waals surface area contributed by atoms with Crippen molar-refractivity contribution < 1.29 is 4.79 Å². The lowest BCUT2D eigenvalue weighted by Crippen LogP contribution is -2.45. The number of carbonyl (C=O) groups excluding carboxylic acids is 1. The summed E-state index contributed by atoms with van der Waals surface area (Å²) in [6, 6.07) is 9.99. The number of hydrogen-bond acceptors (Lipinski definition) is 3. The fourth-order valence-corrected chi connectivity index (χ4v) is 1.87. The first kappa shape index (κ1) is 11.6.